The minimum Gasteiger partial charge on any atom is -0.347 e. The van der Waals surface area contributed by atoms with E-state index < -0.39 is 0 Å². The normalized spacial score (nSPS) is 18.8. The number of hydrogen-bond acceptors (Lipinski definition) is 5. The zero-order valence-electron chi connectivity index (χ0n) is 10.5. The van der Waals surface area contributed by atoms with Crippen LogP contribution in [-0.4, -0.2) is 35.6 Å². The van der Waals surface area contributed by atoms with Crippen LogP contribution in [0.5, 0.6) is 0 Å². The van der Waals surface area contributed by atoms with Crippen molar-refractivity contribution < 1.29 is 4.92 Å². The highest BCUT2D eigenvalue weighted by Crippen LogP contribution is 2.28. The van der Waals surface area contributed by atoms with Crippen LogP contribution < -0.4 is 10.2 Å². The lowest BCUT2D eigenvalue weighted by molar-refractivity contribution is -0.384. The molecule has 1 aromatic rings. The second-order valence-electron chi connectivity index (χ2n) is 4.44. The Kier molecular flexibility index (Phi) is 4.09. The summed E-state index contributed by atoms with van der Waals surface area (Å²) < 4.78 is 0. The van der Waals surface area contributed by atoms with E-state index in [0.29, 0.717) is 11.9 Å². The van der Waals surface area contributed by atoms with Gasteiger partial charge in [0.1, 0.15) is 0 Å². The van der Waals surface area contributed by atoms with E-state index in [1.54, 1.807) is 12.3 Å². The average molecular weight is 250 g/mol. The summed E-state index contributed by atoms with van der Waals surface area (Å²) in [6.07, 6.45) is 3.57. The van der Waals surface area contributed by atoms with Crippen molar-refractivity contribution in [3.05, 3.63) is 28.4 Å². The molecule has 0 spiro atoms. The Bertz CT molecular complexity index is 418. The predicted molar refractivity (Wildman–Crippen MR) is 69.8 cm³/mol. The van der Waals surface area contributed by atoms with Crippen LogP contribution in [0.3, 0.4) is 0 Å². The lowest BCUT2D eigenvalue weighted by atomic mass is 10.2. The fourth-order valence-electron chi connectivity index (χ4n) is 2.36. The summed E-state index contributed by atoms with van der Waals surface area (Å²) in [6, 6.07) is 3.44. The molecule has 0 bridgehead atoms. The van der Waals surface area contributed by atoms with Crippen LogP contribution in [0, 0.1) is 10.1 Å². The van der Waals surface area contributed by atoms with Gasteiger partial charge in [-0.3, -0.25) is 10.1 Å². The Balaban J connectivity index is 2.32. The van der Waals surface area contributed by atoms with Gasteiger partial charge in [-0.25, -0.2) is 4.98 Å². The van der Waals surface area contributed by atoms with Crippen LogP contribution in [0.2, 0.25) is 0 Å². The van der Waals surface area contributed by atoms with Crippen LogP contribution in [0.15, 0.2) is 18.3 Å². The quantitative estimate of drug-likeness (QED) is 0.634. The lowest BCUT2D eigenvalue weighted by Gasteiger charge is -2.28. The first kappa shape index (κ1) is 12.8. The minimum absolute atomic E-state index is 0.0952. The molecule has 2 rings (SSSR count). The number of nitro groups is 1. The van der Waals surface area contributed by atoms with Crippen molar-refractivity contribution in [3.8, 4) is 0 Å². The molecule has 1 fully saturated rings. The van der Waals surface area contributed by atoms with Gasteiger partial charge in [0.15, 0.2) is 0 Å². The second-order valence-corrected chi connectivity index (χ2v) is 4.44. The van der Waals surface area contributed by atoms with Crippen molar-refractivity contribution in [2.75, 3.05) is 24.5 Å². The summed E-state index contributed by atoms with van der Waals surface area (Å²) in [5.41, 5.74) is 0.0952. The lowest BCUT2D eigenvalue weighted by Crippen LogP contribution is -2.38. The van der Waals surface area contributed by atoms with Gasteiger partial charge in [0.05, 0.1) is 4.92 Å². The molecule has 1 unspecified atom stereocenters. The van der Waals surface area contributed by atoms with E-state index in [9.17, 15) is 10.1 Å². The molecule has 1 aliphatic rings. The molecule has 0 radical (unpaired) electrons. The molecule has 1 aromatic heterocycles. The number of aromatic nitrogens is 1. The molecule has 1 N–H and O–H groups in total. The van der Waals surface area contributed by atoms with Gasteiger partial charge >= 0.3 is 5.69 Å². The number of nitrogens with zero attached hydrogens (tertiary/aromatic N) is 3. The third kappa shape index (κ3) is 2.59. The van der Waals surface area contributed by atoms with Gasteiger partial charge in [0, 0.05) is 31.4 Å². The summed E-state index contributed by atoms with van der Waals surface area (Å²) in [4.78, 5) is 17.0. The molecule has 6 nitrogen and oxygen atoms in total. The highest BCUT2D eigenvalue weighted by atomic mass is 16.6. The van der Waals surface area contributed by atoms with Crippen molar-refractivity contribution in [2.24, 2.45) is 0 Å². The van der Waals surface area contributed by atoms with E-state index in [0.717, 1.165) is 32.5 Å². The van der Waals surface area contributed by atoms with E-state index in [4.69, 9.17) is 0 Å². The van der Waals surface area contributed by atoms with E-state index in [1.165, 1.54) is 6.07 Å². The maximum Gasteiger partial charge on any atom is 0.311 e. The molecule has 98 valence electrons. The molecular formula is C12H18N4O2. The third-order valence-corrected chi connectivity index (χ3v) is 3.17. The second kappa shape index (κ2) is 5.77. The summed E-state index contributed by atoms with van der Waals surface area (Å²) in [5.74, 6) is 0.498. The van der Waals surface area contributed by atoms with E-state index in [-0.39, 0.29) is 10.6 Å². The monoisotopic (exact) mass is 250 g/mol. The van der Waals surface area contributed by atoms with Crippen LogP contribution >= 0.6 is 0 Å². The molecule has 2 heterocycles. The van der Waals surface area contributed by atoms with Crippen molar-refractivity contribution in [2.45, 2.75) is 25.8 Å². The SMILES string of the molecule is CCCN(c1ncccc1[N+](=O)[O-])C1CCNC1. The zero-order valence-corrected chi connectivity index (χ0v) is 10.5. The predicted octanol–water partition coefficient (Wildman–Crippen LogP) is 1.57. The van der Waals surface area contributed by atoms with Gasteiger partial charge in [-0.15, -0.1) is 0 Å². The molecule has 1 atom stereocenters. The summed E-state index contributed by atoms with van der Waals surface area (Å²) in [6.45, 7) is 4.70. The molecule has 6 heteroatoms. The first-order chi connectivity index (χ1) is 8.74. The van der Waals surface area contributed by atoms with E-state index in [2.05, 4.69) is 22.1 Å². The first-order valence-electron chi connectivity index (χ1n) is 6.30. The first-order valence-corrected chi connectivity index (χ1v) is 6.30. The molecule has 1 saturated heterocycles. The Labute approximate surface area is 106 Å². The summed E-state index contributed by atoms with van der Waals surface area (Å²) >= 11 is 0. The van der Waals surface area contributed by atoms with Crippen molar-refractivity contribution >= 4 is 11.5 Å². The number of anilines is 1. The number of hydrogen-bond donors (Lipinski definition) is 1. The number of nitrogens with one attached hydrogen (secondary N) is 1. The van der Waals surface area contributed by atoms with Crippen LogP contribution in [0.4, 0.5) is 11.5 Å². The largest absolute Gasteiger partial charge is 0.347 e. The van der Waals surface area contributed by atoms with E-state index in [1.807, 2.05) is 0 Å². The molecule has 0 amide bonds. The Morgan fingerprint density at radius 2 is 2.50 bits per heavy atom. The Hall–Kier alpha value is -1.69. The summed E-state index contributed by atoms with van der Waals surface area (Å²) in [5, 5.41) is 14.4. The highest BCUT2D eigenvalue weighted by Gasteiger charge is 2.28. The Morgan fingerprint density at radius 1 is 1.67 bits per heavy atom. The number of rotatable bonds is 5. The third-order valence-electron chi connectivity index (χ3n) is 3.17. The van der Waals surface area contributed by atoms with Crippen molar-refractivity contribution in [1.82, 2.24) is 10.3 Å². The zero-order chi connectivity index (χ0) is 13.0. The minimum atomic E-state index is -0.354. The molecular weight excluding hydrogens is 232 g/mol. The van der Waals surface area contributed by atoms with Gasteiger partial charge in [-0.2, -0.15) is 0 Å². The maximum atomic E-state index is 11.1. The Morgan fingerprint density at radius 3 is 3.11 bits per heavy atom. The van der Waals surface area contributed by atoms with E-state index >= 15 is 0 Å². The van der Waals surface area contributed by atoms with Crippen LogP contribution in [-0.2, 0) is 0 Å². The van der Waals surface area contributed by atoms with Gasteiger partial charge in [-0.05, 0) is 25.5 Å². The van der Waals surface area contributed by atoms with Crippen LogP contribution in [0.1, 0.15) is 19.8 Å². The van der Waals surface area contributed by atoms with Gasteiger partial charge in [-0.1, -0.05) is 6.92 Å². The van der Waals surface area contributed by atoms with Crippen molar-refractivity contribution in [1.29, 1.82) is 0 Å². The van der Waals surface area contributed by atoms with Crippen LogP contribution in [0.25, 0.3) is 0 Å². The van der Waals surface area contributed by atoms with Crippen molar-refractivity contribution in [3.63, 3.8) is 0 Å². The van der Waals surface area contributed by atoms with Gasteiger partial charge in [0.25, 0.3) is 0 Å². The smallest absolute Gasteiger partial charge is 0.311 e. The maximum absolute atomic E-state index is 11.1. The topological polar surface area (TPSA) is 71.3 Å². The van der Waals surface area contributed by atoms with Gasteiger partial charge in [0.2, 0.25) is 5.82 Å². The molecule has 18 heavy (non-hydrogen) atoms. The molecule has 0 saturated carbocycles. The summed E-state index contributed by atoms with van der Waals surface area (Å²) in [7, 11) is 0. The fraction of sp³-hybridized carbons (Fsp3) is 0.583. The average Bonchev–Trinajstić information content (AvgIpc) is 2.89. The standard InChI is InChI=1S/C12H18N4O2/c1-2-8-15(10-5-7-13-9-10)12-11(16(17)18)4-3-6-14-12/h3-4,6,10,13H,2,5,7-9H2,1H3. The number of pyridine rings is 1. The molecule has 0 aromatic carbocycles. The fourth-order valence-corrected chi connectivity index (χ4v) is 2.36. The molecule has 1 aliphatic heterocycles. The van der Waals surface area contributed by atoms with Gasteiger partial charge < -0.3 is 10.2 Å². The molecule has 0 aliphatic carbocycles. The highest BCUT2D eigenvalue weighted by molar-refractivity contribution is 5.58.